The van der Waals surface area contributed by atoms with E-state index in [-0.39, 0.29) is 6.42 Å². The molecule has 0 radical (unpaired) electrons. The average Bonchev–Trinajstić information content (AvgIpc) is 3.30. The Labute approximate surface area is 246 Å². The Balaban J connectivity index is 0.000000294. The largest absolute Gasteiger partial charge is 0.490 e. The van der Waals surface area contributed by atoms with Gasteiger partial charge in [0.25, 0.3) is 0 Å². The molecule has 1 amide bonds. The van der Waals surface area contributed by atoms with Crippen LogP contribution in [0, 0.1) is 26.6 Å². The van der Waals surface area contributed by atoms with E-state index in [0.717, 1.165) is 63.3 Å². The van der Waals surface area contributed by atoms with Crippen LogP contribution in [0.2, 0.25) is 5.02 Å². The summed E-state index contributed by atoms with van der Waals surface area (Å²) in [5.41, 5.74) is 7.02. The van der Waals surface area contributed by atoms with Gasteiger partial charge in [0.1, 0.15) is 0 Å². The number of ether oxygens (including phenoxy) is 1. The van der Waals surface area contributed by atoms with Crippen LogP contribution >= 0.6 is 11.6 Å². The molecular formula is C33H39ClFNO5. The monoisotopic (exact) mass is 583 g/mol. The first-order chi connectivity index (χ1) is 19.2. The quantitative estimate of drug-likeness (QED) is 0.323. The van der Waals surface area contributed by atoms with Crippen LogP contribution in [-0.2, 0) is 28.9 Å². The molecule has 3 aromatic rings. The van der Waals surface area contributed by atoms with Gasteiger partial charge in [-0.2, -0.15) is 0 Å². The number of amides is 1. The van der Waals surface area contributed by atoms with Gasteiger partial charge in [0, 0.05) is 22.8 Å². The summed E-state index contributed by atoms with van der Waals surface area (Å²) in [4.78, 5) is 24.6. The van der Waals surface area contributed by atoms with Gasteiger partial charge in [0.05, 0.1) is 18.6 Å². The molecule has 2 aliphatic rings. The molecule has 2 N–H and O–H groups in total. The van der Waals surface area contributed by atoms with E-state index >= 15 is 0 Å². The molecule has 220 valence electrons. The third kappa shape index (κ3) is 8.08. The highest BCUT2D eigenvalue weighted by Gasteiger charge is 2.29. The Morgan fingerprint density at radius 3 is 2.32 bits per heavy atom. The van der Waals surface area contributed by atoms with Crippen LogP contribution in [0.5, 0.6) is 5.75 Å². The molecule has 0 fully saturated rings. The fraction of sp³-hybridized carbons (Fsp3) is 0.394. The van der Waals surface area contributed by atoms with E-state index < -0.39 is 17.4 Å². The van der Waals surface area contributed by atoms with E-state index in [1.54, 1.807) is 25.7 Å². The van der Waals surface area contributed by atoms with E-state index in [0.29, 0.717) is 36.4 Å². The lowest BCUT2D eigenvalue weighted by Crippen LogP contribution is -2.17. The summed E-state index contributed by atoms with van der Waals surface area (Å²) in [7, 11) is 0. The lowest BCUT2D eigenvalue weighted by molar-refractivity contribution is -0.136. The first-order valence-corrected chi connectivity index (χ1v) is 14.1. The SMILES string of the molecule is CC(C)(C)O.Cc1cc2c(c(-c3cc(F)c4c(c3C)CCCO4)c1CC(=O)O)CCN2C=O.Cc1ccccc1Cl. The molecule has 2 heterocycles. The second kappa shape index (κ2) is 13.5. The maximum Gasteiger partial charge on any atom is 0.307 e. The number of nitrogens with zero attached hydrogens (tertiary/aromatic N) is 1. The number of aryl methyl sites for hydroxylation is 2. The Morgan fingerprint density at radius 2 is 1.76 bits per heavy atom. The predicted molar refractivity (Wildman–Crippen MR) is 162 cm³/mol. The molecular weight excluding hydrogens is 545 g/mol. The van der Waals surface area contributed by atoms with Crippen LogP contribution in [0.3, 0.4) is 0 Å². The Hall–Kier alpha value is -3.42. The third-order valence-corrected chi connectivity index (χ3v) is 7.32. The van der Waals surface area contributed by atoms with E-state index in [1.165, 1.54) is 6.07 Å². The zero-order chi connectivity index (χ0) is 30.5. The Kier molecular flexibility index (Phi) is 10.6. The minimum atomic E-state index is -0.936. The van der Waals surface area contributed by atoms with Gasteiger partial charge in [-0.05, 0) is 118 Å². The van der Waals surface area contributed by atoms with Gasteiger partial charge >= 0.3 is 5.97 Å². The summed E-state index contributed by atoms with van der Waals surface area (Å²) in [5, 5.41) is 18.8. The number of aliphatic hydroxyl groups is 1. The maximum atomic E-state index is 14.9. The van der Waals surface area contributed by atoms with Crippen molar-refractivity contribution in [2.75, 3.05) is 18.1 Å². The van der Waals surface area contributed by atoms with E-state index in [4.69, 9.17) is 21.4 Å². The smallest absolute Gasteiger partial charge is 0.307 e. The fourth-order valence-electron chi connectivity index (χ4n) is 5.03. The van der Waals surface area contributed by atoms with E-state index in [2.05, 4.69) is 0 Å². The first-order valence-electron chi connectivity index (χ1n) is 13.7. The number of carbonyl (C=O) groups is 2. The van der Waals surface area contributed by atoms with Gasteiger partial charge in [-0.3, -0.25) is 9.59 Å². The number of rotatable bonds is 4. The first kappa shape index (κ1) is 32.1. The molecule has 0 atom stereocenters. The predicted octanol–water partition coefficient (Wildman–Crippen LogP) is 7.01. The zero-order valence-corrected chi connectivity index (χ0v) is 25.4. The molecule has 0 aromatic heterocycles. The average molecular weight is 584 g/mol. The number of carbonyl (C=O) groups excluding carboxylic acids is 1. The fourth-order valence-corrected chi connectivity index (χ4v) is 5.17. The number of hydrogen-bond acceptors (Lipinski definition) is 4. The summed E-state index contributed by atoms with van der Waals surface area (Å²) in [6.07, 6.45) is 2.81. The number of benzene rings is 3. The van der Waals surface area contributed by atoms with Crippen molar-refractivity contribution in [1.82, 2.24) is 0 Å². The van der Waals surface area contributed by atoms with Crippen LogP contribution in [0.1, 0.15) is 60.6 Å². The van der Waals surface area contributed by atoms with Gasteiger partial charge in [0.15, 0.2) is 11.6 Å². The molecule has 8 heteroatoms. The number of carboxylic acid groups (broad SMARTS) is 1. The van der Waals surface area contributed by atoms with Crippen molar-refractivity contribution in [2.45, 2.75) is 72.8 Å². The molecule has 0 unspecified atom stereocenters. The Morgan fingerprint density at radius 1 is 1.10 bits per heavy atom. The van der Waals surface area contributed by atoms with Crippen LogP contribution in [0.15, 0.2) is 36.4 Å². The molecule has 6 nitrogen and oxygen atoms in total. The highest BCUT2D eigenvalue weighted by atomic mass is 35.5. The van der Waals surface area contributed by atoms with Crippen molar-refractivity contribution in [3.05, 3.63) is 80.6 Å². The normalized spacial score (nSPS) is 13.5. The molecule has 41 heavy (non-hydrogen) atoms. The minimum absolute atomic E-state index is 0.149. The van der Waals surface area contributed by atoms with Crippen molar-refractivity contribution in [1.29, 1.82) is 0 Å². The van der Waals surface area contributed by atoms with E-state index in [9.17, 15) is 19.1 Å². The minimum Gasteiger partial charge on any atom is -0.490 e. The lowest BCUT2D eigenvalue weighted by atomic mass is 9.84. The molecule has 2 aliphatic heterocycles. The van der Waals surface area contributed by atoms with Crippen molar-refractivity contribution in [3.8, 4) is 16.9 Å². The van der Waals surface area contributed by atoms with Crippen molar-refractivity contribution >= 4 is 29.7 Å². The summed E-state index contributed by atoms with van der Waals surface area (Å²) in [5.74, 6) is -1.04. The second-order valence-electron chi connectivity index (χ2n) is 11.4. The molecule has 5 rings (SSSR count). The second-order valence-corrected chi connectivity index (χ2v) is 11.8. The number of aliphatic carboxylic acids is 1. The summed E-state index contributed by atoms with van der Waals surface area (Å²) >= 11 is 5.71. The number of hydrogen-bond donors (Lipinski definition) is 2. The standard InChI is InChI=1S/C22H22FNO4.C7H7Cl.C4H10O/c1-12-8-19-15(5-6-24(19)11-25)21(16(12)10-20(26)27)17-9-18(23)22-14(13(17)2)4-3-7-28-22;1-6-4-2-3-5-7(6)8;1-4(2,3)5/h8-9,11H,3-7,10H2,1-2H3,(H,26,27);2-5H,1H3;5H,1-3H3. The molecule has 0 saturated carbocycles. The van der Waals surface area contributed by atoms with Crippen LogP contribution in [0.25, 0.3) is 11.1 Å². The summed E-state index contributed by atoms with van der Waals surface area (Å²) in [6.45, 7) is 12.0. The lowest BCUT2D eigenvalue weighted by Gasteiger charge is -2.25. The van der Waals surface area contributed by atoms with Gasteiger partial charge in [-0.1, -0.05) is 29.8 Å². The van der Waals surface area contributed by atoms with Crippen molar-refractivity contribution in [3.63, 3.8) is 0 Å². The van der Waals surface area contributed by atoms with Crippen LogP contribution in [-0.4, -0.2) is 41.3 Å². The highest BCUT2D eigenvalue weighted by Crippen LogP contribution is 2.44. The summed E-state index contributed by atoms with van der Waals surface area (Å²) < 4.78 is 20.4. The highest BCUT2D eigenvalue weighted by molar-refractivity contribution is 6.31. The van der Waals surface area contributed by atoms with Crippen LogP contribution in [0.4, 0.5) is 10.1 Å². The maximum absolute atomic E-state index is 14.9. The van der Waals surface area contributed by atoms with Crippen LogP contribution < -0.4 is 9.64 Å². The number of anilines is 1. The molecule has 0 aliphatic carbocycles. The van der Waals surface area contributed by atoms with Crippen molar-refractivity contribution < 1.29 is 28.9 Å². The number of fused-ring (bicyclic) bond motifs is 2. The Bertz CT molecular complexity index is 1400. The third-order valence-electron chi connectivity index (χ3n) is 6.89. The molecule has 0 bridgehead atoms. The van der Waals surface area contributed by atoms with Crippen molar-refractivity contribution in [2.24, 2.45) is 0 Å². The molecule has 3 aromatic carbocycles. The number of halogens is 2. The topological polar surface area (TPSA) is 87.1 Å². The van der Waals surface area contributed by atoms with Gasteiger partial charge < -0.3 is 19.8 Å². The molecule has 0 spiro atoms. The molecule has 0 saturated heterocycles. The van der Waals surface area contributed by atoms with Gasteiger partial charge in [-0.15, -0.1) is 0 Å². The van der Waals surface area contributed by atoms with Gasteiger partial charge in [0.2, 0.25) is 6.41 Å². The number of carboxylic acids is 1. The zero-order valence-electron chi connectivity index (χ0n) is 24.6. The van der Waals surface area contributed by atoms with Gasteiger partial charge in [-0.25, -0.2) is 4.39 Å². The van der Waals surface area contributed by atoms with E-state index in [1.807, 2.05) is 51.1 Å². The summed E-state index contributed by atoms with van der Waals surface area (Å²) in [6, 6.07) is 11.1.